The Hall–Kier alpha value is -1.76. The van der Waals surface area contributed by atoms with Crippen molar-refractivity contribution in [3.63, 3.8) is 0 Å². The van der Waals surface area contributed by atoms with Gasteiger partial charge in [-0.05, 0) is 17.7 Å². The summed E-state index contributed by atoms with van der Waals surface area (Å²) in [6, 6.07) is 3.53. The molecule has 20 heavy (non-hydrogen) atoms. The first-order valence-corrected chi connectivity index (χ1v) is 7.03. The third kappa shape index (κ3) is 3.86. The fourth-order valence-corrected chi connectivity index (χ4v) is 2.55. The minimum Gasteiger partial charge on any atom is -0.493 e. The Bertz CT molecular complexity index is 533. The van der Waals surface area contributed by atoms with Gasteiger partial charge in [0.1, 0.15) is 5.75 Å². The third-order valence-electron chi connectivity index (χ3n) is 2.89. The fourth-order valence-electron chi connectivity index (χ4n) is 2.00. The number of urea groups is 1. The van der Waals surface area contributed by atoms with Crippen LogP contribution in [0.3, 0.4) is 0 Å². The van der Waals surface area contributed by atoms with Gasteiger partial charge in [-0.1, -0.05) is 15.9 Å². The summed E-state index contributed by atoms with van der Waals surface area (Å²) in [5, 5.41) is 13.6. The highest BCUT2D eigenvalue weighted by atomic mass is 79.9. The molecule has 1 aliphatic rings. The van der Waals surface area contributed by atoms with Gasteiger partial charge in [0.25, 0.3) is 0 Å². The summed E-state index contributed by atoms with van der Waals surface area (Å²) in [5.41, 5.74) is 2.03. The Kier molecular flexibility index (Phi) is 4.84. The molecule has 0 spiro atoms. The smallest absolute Gasteiger partial charge is 0.315 e. The summed E-state index contributed by atoms with van der Waals surface area (Å²) in [5.74, 6) is -0.109. The van der Waals surface area contributed by atoms with Crippen molar-refractivity contribution in [2.24, 2.45) is 0 Å². The van der Waals surface area contributed by atoms with E-state index < -0.39 is 12.0 Å². The van der Waals surface area contributed by atoms with Crippen molar-refractivity contribution in [1.82, 2.24) is 10.6 Å². The van der Waals surface area contributed by atoms with Crippen molar-refractivity contribution in [3.8, 4) is 5.75 Å². The lowest BCUT2D eigenvalue weighted by atomic mass is 10.1. The zero-order valence-corrected chi connectivity index (χ0v) is 12.3. The van der Waals surface area contributed by atoms with E-state index in [1.54, 1.807) is 0 Å². The Morgan fingerprint density at radius 3 is 2.90 bits per heavy atom. The third-order valence-corrected chi connectivity index (χ3v) is 3.35. The van der Waals surface area contributed by atoms with Crippen LogP contribution in [-0.4, -0.2) is 30.3 Å². The highest BCUT2D eigenvalue weighted by molar-refractivity contribution is 9.10. The lowest BCUT2D eigenvalue weighted by Gasteiger charge is -2.11. The van der Waals surface area contributed by atoms with Gasteiger partial charge < -0.3 is 20.5 Å². The number of hydrogen-bond donors (Lipinski definition) is 3. The van der Waals surface area contributed by atoms with Gasteiger partial charge in [0.15, 0.2) is 0 Å². The average molecular weight is 343 g/mol. The number of hydrogen-bond acceptors (Lipinski definition) is 3. The van der Waals surface area contributed by atoms with Crippen LogP contribution in [0.1, 0.15) is 17.5 Å². The number of benzene rings is 1. The largest absolute Gasteiger partial charge is 0.493 e. The first-order valence-electron chi connectivity index (χ1n) is 6.24. The number of nitrogens with one attached hydrogen (secondary N) is 2. The minimum absolute atomic E-state index is 0.0944. The number of carboxylic acid groups (broad SMARTS) is 1. The monoisotopic (exact) mass is 342 g/mol. The van der Waals surface area contributed by atoms with Crippen molar-refractivity contribution in [2.45, 2.75) is 19.4 Å². The van der Waals surface area contributed by atoms with Crippen LogP contribution in [0, 0.1) is 0 Å². The molecule has 1 heterocycles. The molecule has 0 aliphatic carbocycles. The van der Waals surface area contributed by atoms with Crippen LogP contribution in [0.25, 0.3) is 0 Å². The number of ether oxygens (including phenoxy) is 1. The maximum atomic E-state index is 11.5. The molecule has 0 unspecified atom stereocenters. The zero-order chi connectivity index (χ0) is 14.5. The van der Waals surface area contributed by atoms with Gasteiger partial charge in [0, 0.05) is 29.5 Å². The summed E-state index contributed by atoms with van der Waals surface area (Å²) in [7, 11) is 0. The van der Waals surface area contributed by atoms with Gasteiger partial charge in [-0.2, -0.15) is 0 Å². The fraction of sp³-hybridized carbons (Fsp3) is 0.385. The first-order chi connectivity index (χ1) is 9.56. The van der Waals surface area contributed by atoms with E-state index in [1.807, 2.05) is 12.1 Å². The van der Waals surface area contributed by atoms with Crippen LogP contribution < -0.4 is 15.4 Å². The Morgan fingerprint density at radius 1 is 1.35 bits per heavy atom. The summed E-state index contributed by atoms with van der Waals surface area (Å²) >= 11 is 3.43. The van der Waals surface area contributed by atoms with Crippen molar-refractivity contribution >= 4 is 27.9 Å². The molecule has 108 valence electrons. The molecule has 0 saturated heterocycles. The lowest BCUT2D eigenvalue weighted by Crippen LogP contribution is -2.36. The molecule has 7 heteroatoms. The van der Waals surface area contributed by atoms with Crippen LogP contribution in [-0.2, 0) is 17.8 Å². The number of halogens is 1. The van der Waals surface area contributed by atoms with Crippen molar-refractivity contribution < 1.29 is 19.4 Å². The van der Waals surface area contributed by atoms with E-state index in [0.717, 1.165) is 27.8 Å². The molecule has 1 aromatic rings. The van der Waals surface area contributed by atoms with Gasteiger partial charge in [0.2, 0.25) is 0 Å². The normalized spacial score (nSPS) is 12.4. The second kappa shape index (κ2) is 6.60. The number of carbonyl (C=O) groups excluding carboxylic acids is 1. The predicted molar refractivity (Wildman–Crippen MR) is 75.8 cm³/mol. The number of carboxylic acids is 1. The Labute approximate surface area is 124 Å². The van der Waals surface area contributed by atoms with E-state index >= 15 is 0 Å². The Morgan fingerprint density at radius 2 is 2.15 bits per heavy atom. The highest BCUT2D eigenvalue weighted by Gasteiger charge is 2.17. The molecule has 1 aromatic carbocycles. The molecule has 0 bridgehead atoms. The molecule has 2 amide bonds. The number of carbonyl (C=O) groups is 2. The van der Waals surface area contributed by atoms with E-state index in [1.165, 1.54) is 0 Å². The number of rotatable bonds is 5. The molecular formula is C13H15BrN2O4. The molecule has 3 N–H and O–H groups in total. The predicted octanol–water partition coefficient (Wildman–Crippen LogP) is 1.66. The molecule has 0 aromatic heterocycles. The SMILES string of the molecule is O=C(O)CCNC(=O)NCc1cc(Br)cc2c1OCC2. The van der Waals surface area contributed by atoms with Crippen molar-refractivity contribution in [1.29, 1.82) is 0 Å². The first kappa shape index (κ1) is 14.6. The molecule has 0 radical (unpaired) electrons. The second-order valence-corrected chi connectivity index (χ2v) is 5.32. The van der Waals surface area contributed by atoms with E-state index in [-0.39, 0.29) is 13.0 Å². The second-order valence-electron chi connectivity index (χ2n) is 4.40. The standard InChI is InChI=1S/C13H15BrN2O4/c14-10-5-8-2-4-20-12(8)9(6-10)7-16-13(19)15-3-1-11(17)18/h5-6H,1-4,7H2,(H,17,18)(H2,15,16,19). The molecule has 6 nitrogen and oxygen atoms in total. The van der Waals surface area contributed by atoms with E-state index in [2.05, 4.69) is 26.6 Å². The molecule has 2 rings (SSSR count). The summed E-state index contributed by atoms with van der Waals surface area (Å²) in [6.45, 7) is 1.10. The molecule has 1 aliphatic heterocycles. The van der Waals surface area contributed by atoms with Gasteiger partial charge >= 0.3 is 12.0 Å². The van der Waals surface area contributed by atoms with Gasteiger partial charge in [0.05, 0.1) is 13.0 Å². The number of fused-ring (bicyclic) bond motifs is 1. The van der Waals surface area contributed by atoms with Crippen LogP contribution in [0.2, 0.25) is 0 Å². The van der Waals surface area contributed by atoms with E-state index in [0.29, 0.717) is 13.2 Å². The van der Waals surface area contributed by atoms with Gasteiger partial charge in [-0.25, -0.2) is 4.79 Å². The van der Waals surface area contributed by atoms with Gasteiger partial charge in [-0.3, -0.25) is 4.79 Å². The topological polar surface area (TPSA) is 87.7 Å². The zero-order valence-electron chi connectivity index (χ0n) is 10.7. The van der Waals surface area contributed by atoms with Crippen molar-refractivity contribution in [3.05, 3.63) is 27.7 Å². The summed E-state index contributed by atoms with van der Waals surface area (Å²) < 4.78 is 6.51. The average Bonchev–Trinajstić information content (AvgIpc) is 2.83. The molecule has 0 atom stereocenters. The van der Waals surface area contributed by atoms with Gasteiger partial charge in [-0.15, -0.1) is 0 Å². The molecular weight excluding hydrogens is 328 g/mol. The molecule has 0 saturated carbocycles. The van der Waals surface area contributed by atoms with E-state index in [9.17, 15) is 9.59 Å². The van der Waals surface area contributed by atoms with Crippen molar-refractivity contribution in [2.75, 3.05) is 13.2 Å². The highest BCUT2D eigenvalue weighted by Crippen LogP contribution is 2.32. The summed E-state index contributed by atoms with van der Waals surface area (Å²) in [4.78, 5) is 21.8. The maximum Gasteiger partial charge on any atom is 0.315 e. The van der Waals surface area contributed by atoms with Crippen LogP contribution in [0.5, 0.6) is 5.75 Å². The number of aliphatic carboxylic acids is 1. The van der Waals surface area contributed by atoms with Crippen LogP contribution in [0.4, 0.5) is 4.79 Å². The summed E-state index contributed by atoms with van der Waals surface area (Å²) in [6.07, 6.45) is 0.773. The lowest BCUT2D eigenvalue weighted by molar-refractivity contribution is -0.136. The maximum absolute atomic E-state index is 11.5. The minimum atomic E-state index is -0.941. The van der Waals surface area contributed by atoms with E-state index in [4.69, 9.17) is 9.84 Å². The van der Waals surface area contributed by atoms with Crippen LogP contribution in [0.15, 0.2) is 16.6 Å². The van der Waals surface area contributed by atoms with Crippen LogP contribution >= 0.6 is 15.9 Å². The molecule has 0 fully saturated rings. The number of amides is 2. The Balaban J connectivity index is 1.88. The quantitative estimate of drug-likeness (QED) is 0.759.